The third-order valence-corrected chi connectivity index (χ3v) is 3.55. The van der Waals surface area contributed by atoms with Crippen LogP contribution >= 0.6 is 0 Å². The number of likely N-dealkylation sites (N-methyl/N-ethyl adjacent to an activating group) is 1. The van der Waals surface area contributed by atoms with Gasteiger partial charge in [0.25, 0.3) is 0 Å². The number of rotatable bonds is 2. The van der Waals surface area contributed by atoms with Gasteiger partial charge in [-0.25, -0.2) is 0 Å². The minimum Gasteiger partial charge on any atom is -0.369 e. The van der Waals surface area contributed by atoms with E-state index in [2.05, 4.69) is 50.2 Å². The lowest BCUT2D eigenvalue weighted by Crippen LogP contribution is -2.30. The Kier molecular flexibility index (Phi) is 3.20. The predicted molar refractivity (Wildman–Crippen MR) is 70.3 cm³/mol. The molecule has 0 radical (unpaired) electrons. The Bertz CT molecular complexity index is 361. The van der Waals surface area contributed by atoms with Crippen LogP contribution in [-0.2, 0) is 0 Å². The van der Waals surface area contributed by atoms with Crippen molar-refractivity contribution in [3.05, 3.63) is 28.8 Å². The van der Waals surface area contributed by atoms with E-state index in [4.69, 9.17) is 0 Å². The molecule has 2 nitrogen and oxygen atoms in total. The molecule has 0 aliphatic carbocycles. The Hall–Kier alpha value is -1.02. The number of benzene rings is 1. The zero-order valence-corrected chi connectivity index (χ0v) is 10.8. The normalized spacial score (nSPS) is 20.5. The minimum atomic E-state index is 0.653. The van der Waals surface area contributed by atoms with E-state index in [9.17, 15) is 0 Å². The van der Waals surface area contributed by atoms with Gasteiger partial charge in [0, 0.05) is 24.8 Å². The topological polar surface area (TPSA) is 15.3 Å². The van der Waals surface area contributed by atoms with E-state index in [1.165, 1.54) is 35.3 Å². The van der Waals surface area contributed by atoms with Crippen LogP contribution in [-0.4, -0.2) is 26.2 Å². The molecule has 1 heterocycles. The highest BCUT2D eigenvalue weighted by molar-refractivity contribution is 5.60. The van der Waals surface area contributed by atoms with E-state index >= 15 is 0 Å². The summed E-state index contributed by atoms with van der Waals surface area (Å²) in [6.07, 6.45) is 1.25. The predicted octanol–water partition coefficient (Wildman–Crippen LogP) is 2.41. The van der Waals surface area contributed by atoms with E-state index in [-0.39, 0.29) is 0 Å². The highest BCUT2D eigenvalue weighted by atomic mass is 15.2. The first kappa shape index (κ1) is 11.5. The Morgan fingerprint density at radius 3 is 2.31 bits per heavy atom. The molecule has 1 N–H and O–H groups in total. The second-order valence-electron chi connectivity index (χ2n) is 4.97. The van der Waals surface area contributed by atoms with Gasteiger partial charge in [0.15, 0.2) is 0 Å². The highest BCUT2D eigenvalue weighted by Crippen LogP contribution is 2.29. The van der Waals surface area contributed by atoms with Crippen LogP contribution in [0.5, 0.6) is 0 Å². The van der Waals surface area contributed by atoms with E-state index in [0.717, 1.165) is 6.54 Å². The SMILES string of the molecule is CNC1CCN(c2c(C)cc(C)cc2C)C1. The van der Waals surface area contributed by atoms with E-state index < -0.39 is 0 Å². The number of hydrogen-bond acceptors (Lipinski definition) is 2. The maximum Gasteiger partial charge on any atom is 0.0426 e. The number of aryl methyl sites for hydroxylation is 3. The van der Waals surface area contributed by atoms with Crippen LogP contribution in [0, 0.1) is 20.8 Å². The van der Waals surface area contributed by atoms with Gasteiger partial charge in [0.2, 0.25) is 0 Å². The molecule has 1 atom stereocenters. The van der Waals surface area contributed by atoms with Crippen molar-refractivity contribution >= 4 is 5.69 Å². The summed E-state index contributed by atoms with van der Waals surface area (Å²) in [5.41, 5.74) is 5.63. The van der Waals surface area contributed by atoms with E-state index in [0.29, 0.717) is 6.04 Å². The first-order valence-electron chi connectivity index (χ1n) is 6.12. The van der Waals surface area contributed by atoms with E-state index in [1.54, 1.807) is 0 Å². The largest absolute Gasteiger partial charge is 0.369 e. The monoisotopic (exact) mass is 218 g/mol. The summed E-state index contributed by atoms with van der Waals surface area (Å²) >= 11 is 0. The van der Waals surface area contributed by atoms with Crippen LogP contribution in [0.1, 0.15) is 23.1 Å². The molecule has 1 aromatic carbocycles. The standard InChI is InChI=1S/C14H22N2/c1-10-7-11(2)14(12(3)8-10)16-6-5-13(9-16)15-4/h7-8,13,15H,5-6,9H2,1-4H3. The molecule has 1 saturated heterocycles. The first-order valence-corrected chi connectivity index (χ1v) is 6.12. The number of nitrogens with zero attached hydrogens (tertiary/aromatic N) is 1. The van der Waals surface area contributed by atoms with Crippen molar-refractivity contribution < 1.29 is 0 Å². The van der Waals surface area contributed by atoms with Crippen molar-refractivity contribution in [3.8, 4) is 0 Å². The van der Waals surface area contributed by atoms with E-state index in [1.807, 2.05) is 0 Å². The van der Waals surface area contributed by atoms with Gasteiger partial charge < -0.3 is 10.2 Å². The fraction of sp³-hybridized carbons (Fsp3) is 0.571. The Morgan fingerprint density at radius 1 is 1.19 bits per heavy atom. The maximum atomic E-state index is 3.37. The number of hydrogen-bond donors (Lipinski definition) is 1. The van der Waals surface area contributed by atoms with Crippen molar-refractivity contribution in [2.45, 2.75) is 33.2 Å². The summed E-state index contributed by atoms with van der Waals surface area (Å²) < 4.78 is 0. The molecular formula is C14H22N2. The van der Waals surface area contributed by atoms with Crippen molar-refractivity contribution in [2.24, 2.45) is 0 Å². The van der Waals surface area contributed by atoms with Gasteiger partial charge in [-0.1, -0.05) is 17.7 Å². The molecule has 88 valence electrons. The van der Waals surface area contributed by atoms with Gasteiger partial charge in [-0.2, -0.15) is 0 Å². The lowest BCUT2D eigenvalue weighted by molar-refractivity contribution is 0.617. The van der Waals surface area contributed by atoms with Crippen molar-refractivity contribution in [3.63, 3.8) is 0 Å². The summed E-state index contributed by atoms with van der Waals surface area (Å²) in [7, 11) is 2.06. The highest BCUT2D eigenvalue weighted by Gasteiger charge is 2.23. The zero-order valence-electron chi connectivity index (χ0n) is 10.8. The average molecular weight is 218 g/mol. The van der Waals surface area contributed by atoms with Gasteiger partial charge in [-0.3, -0.25) is 0 Å². The van der Waals surface area contributed by atoms with Crippen molar-refractivity contribution in [2.75, 3.05) is 25.0 Å². The quantitative estimate of drug-likeness (QED) is 0.820. The van der Waals surface area contributed by atoms with Crippen LogP contribution in [0.25, 0.3) is 0 Å². The van der Waals surface area contributed by atoms with Crippen molar-refractivity contribution in [1.29, 1.82) is 0 Å². The third-order valence-electron chi connectivity index (χ3n) is 3.55. The Morgan fingerprint density at radius 2 is 1.81 bits per heavy atom. The lowest BCUT2D eigenvalue weighted by atomic mass is 10.0. The fourth-order valence-corrected chi connectivity index (χ4v) is 2.87. The molecule has 1 fully saturated rings. The third kappa shape index (κ3) is 2.07. The molecule has 2 rings (SSSR count). The van der Waals surface area contributed by atoms with Crippen LogP contribution in [0.15, 0.2) is 12.1 Å². The molecule has 16 heavy (non-hydrogen) atoms. The van der Waals surface area contributed by atoms with Gasteiger partial charge in [-0.15, -0.1) is 0 Å². The van der Waals surface area contributed by atoms with Crippen LogP contribution in [0.3, 0.4) is 0 Å². The zero-order chi connectivity index (χ0) is 11.7. The molecule has 0 saturated carbocycles. The average Bonchev–Trinajstić information content (AvgIpc) is 2.64. The summed E-state index contributed by atoms with van der Waals surface area (Å²) in [5, 5.41) is 3.37. The maximum absolute atomic E-state index is 3.37. The summed E-state index contributed by atoms with van der Waals surface area (Å²) in [6.45, 7) is 8.94. The van der Waals surface area contributed by atoms with Crippen LogP contribution in [0.2, 0.25) is 0 Å². The molecule has 0 bridgehead atoms. The van der Waals surface area contributed by atoms with Crippen LogP contribution < -0.4 is 10.2 Å². The molecule has 2 heteroatoms. The van der Waals surface area contributed by atoms with Gasteiger partial charge in [0.05, 0.1) is 0 Å². The first-order chi connectivity index (χ1) is 7.61. The molecule has 1 unspecified atom stereocenters. The molecule has 0 amide bonds. The number of anilines is 1. The molecule has 0 spiro atoms. The molecule has 1 aliphatic heterocycles. The Labute approximate surface area is 98.7 Å². The van der Waals surface area contributed by atoms with Gasteiger partial charge in [0.1, 0.15) is 0 Å². The second-order valence-corrected chi connectivity index (χ2v) is 4.97. The van der Waals surface area contributed by atoms with Gasteiger partial charge >= 0.3 is 0 Å². The molecule has 1 aromatic rings. The second kappa shape index (κ2) is 4.46. The minimum absolute atomic E-state index is 0.653. The summed E-state index contributed by atoms with van der Waals surface area (Å²) in [4.78, 5) is 2.52. The molecule has 0 aromatic heterocycles. The smallest absolute Gasteiger partial charge is 0.0426 e. The van der Waals surface area contributed by atoms with Crippen molar-refractivity contribution in [1.82, 2.24) is 5.32 Å². The van der Waals surface area contributed by atoms with Gasteiger partial charge in [-0.05, 0) is 45.4 Å². The lowest BCUT2D eigenvalue weighted by Gasteiger charge is -2.23. The number of nitrogens with one attached hydrogen (secondary N) is 1. The fourth-order valence-electron chi connectivity index (χ4n) is 2.87. The Balaban J connectivity index is 2.28. The molecular weight excluding hydrogens is 196 g/mol. The van der Waals surface area contributed by atoms with Crippen LogP contribution in [0.4, 0.5) is 5.69 Å². The summed E-state index contributed by atoms with van der Waals surface area (Å²) in [6, 6.07) is 5.23. The molecule has 1 aliphatic rings. The summed E-state index contributed by atoms with van der Waals surface area (Å²) in [5.74, 6) is 0.